The fraction of sp³-hybridized carbons (Fsp3) is 0.222. The predicted octanol–water partition coefficient (Wildman–Crippen LogP) is 3.11. The second-order valence-corrected chi connectivity index (χ2v) is 5.69. The van der Waals surface area contributed by atoms with Crippen molar-refractivity contribution in [2.45, 2.75) is 19.6 Å². The average Bonchev–Trinajstić information content (AvgIpc) is 2.61. The minimum Gasteiger partial charge on any atom is -0.482 e. The van der Waals surface area contributed by atoms with E-state index in [4.69, 9.17) is 4.74 Å². The highest BCUT2D eigenvalue weighted by atomic mass is 19.3. The summed E-state index contributed by atoms with van der Waals surface area (Å²) in [5, 5.41) is 5.52. The molecule has 0 radical (unpaired) electrons. The summed E-state index contributed by atoms with van der Waals surface area (Å²) >= 11 is 0. The predicted molar refractivity (Wildman–Crippen MR) is 89.5 cm³/mol. The Bertz CT molecular complexity index is 824. The number of nitrogens with one attached hydrogen (secondary N) is 2. The number of fused-ring (bicyclic) bond motifs is 1. The summed E-state index contributed by atoms with van der Waals surface area (Å²) in [6, 6.07) is 10.3. The molecule has 0 saturated carbocycles. The summed E-state index contributed by atoms with van der Waals surface area (Å²) in [5.74, 6) is -0.0481. The van der Waals surface area contributed by atoms with Crippen molar-refractivity contribution in [3.8, 4) is 11.5 Å². The Kier molecular flexibility index (Phi) is 5.01. The van der Waals surface area contributed by atoms with E-state index in [0.717, 1.165) is 5.56 Å². The van der Waals surface area contributed by atoms with Crippen molar-refractivity contribution in [1.29, 1.82) is 0 Å². The van der Waals surface area contributed by atoms with Crippen molar-refractivity contribution in [2.75, 3.05) is 11.9 Å². The summed E-state index contributed by atoms with van der Waals surface area (Å²) in [7, 11) is 0. The van der Waals surface area contributed by atoms with E-state index in [1.54, 1.807) is 25.1 Å². The van der Waals surface area contributed by atoms with E-state index < -0.39 is 6.61 Å². The third-order valence-electron chi connectivity index (χ3n) is 3.83. The van der Waals surface area contributed by atoms with Crippen LogP contribution in [0.3, 0.4) is 0 Å². The number of carbonyl (C=O) groups excluding carboxylic acids is 2. The minimum atomic E-state index is -2.91. The quantitative estimate of drug-likeness (QED) is 0.857. The van der Waals surface area contributed by atoms with E-state index in [2.05, 4.69) is 15.4 Å². The van der Waals surface area contributed by atoms with Gasteiger partial charge in [-0.3, -0.25) is 9.59 Å². The van der Waals surface area contributed by atoms with Crippen LogP contribution in [0.2, 0.25) is 0 Å². The van der Waals surface area contributed by atoms with E-state index in [9.17, 15) is 18.4 Å². The molecule has 1 atom stereocenters. The summed E-state index contributed by atoms with van der Waals surface area (Å²) in [5.41, 5.74) is 1.64. The number of ether oxygens (including phenoxy) is 2. The van der Waals surface area contributed by atoms with Crippen LogP contribution in [0.4, 0.5) is 14.5 Å². The standard InChI is InChI=1S/C18H16F2N2O4/c1-10(12-4-7-15-14(8-12)22-16(23)9-25-15)21-17(24)11-2-5-13(6-3-11)26-18(19)20/h2-8,10,18H,9H2,1H3,(H,21,24)(H,22,23). The van der Waals surface area contributed by atoms with Crippen molar-refractivity contribution in [1.82, 2.24) is 5.32 Å². The Balaban J connectivity index is 1.67. The highest BCUT2D eigenvalue weighted by Gasteiger charge is 2.18. The topological polar surface area (TPSA) is 76.7 Å². The molecule has 3 rings (SSSR count). The van der Waals surface area contributed by atoms with Crippen LogP contribution in [0.25, 0.3) is 0 Å². The van der Waals surface area contributed by atoms with Gasteiger partial charge in [-0.15, -0.1) is 0 Å². The maximum Gasteiger partial charge on any atom is 0.387 e. The van der Waals surface area contributed by atoms with Crippen molar-refractivity contribution >= 4 is 17.5 Å². The van der Waals surface area contributed by atoms with E-state index in [1.165, 1.54) is 24.3 Å². The molecule has 0 spiro atoms. The molecule has 6 nitrogen and oxygen atoms in total. The molecule has 0 fully saturated rings. The molecule has 0 aliphatic carbocycles. The molecule has 2 amide bonds. The average molecular weight is 362 g/mol. The number of hydrogen-bond acceptors (Lipinski definition) is 4. The molecule has 2 N–H and O–H groups in total. The Hall–Kier alpha value is -3.16. The number of alkyl halides is 2. The van der Waals surface area contributed by atoms with Crippen LogP contribution < -0.4 is 20.1 Å². The van der Waals surface area contributed by atoms with Crippen LogP contribution in [-0.4, -0.2) is 25.0 Å². The molecule has 8 heteroatoms. The Labute approximate surface area is 148 Å². The number of carbonyl (C=O) groups is 2. The maximum absolute atomic E-state index is 12.3. The molecule has 0 bridgehead atoms. The van der Waals surface area contributed by atoms with E-state index in [-0.39, 0.29) is 30.2 Å². The summed E-state index contributed by atoms with van der Waals surface area (Å²) in [6.07, 6.45) is 0. The second-order valence-electron chi connectivity index (χ2n) is 5.69. The van der Waals surface area contributed by atoms with Crippen molar-refractivity contribution in [2.24, 2.45) is 0 Å². The van der Waals surface area contributed by atoms with Gasteiger partial charge >= 0.3 is 6.61 Å². The molecule has 1 aliphatic heterocycles. The lowest BCUT2D eigenvalue weighted by molar-refractivity contribution is -0.118. The molecule has 1 heterocycles. The molecule has 0 saturated heterocycles. The number of benzene rings is 2. The van der Waals surface area contributed by atoms with E-state index in [0.29, 0.717) is 17.0 Å². The molecular weight excluding hydrogens is 346 g/mol. The zero-order valence-corrected chi connectivity index (χ0v) is 13.8. The van der Waals surface area contributed by atoms with Gasteiger partial charge in [0.05, 0.1) is 11.7 Å². The van der Waals surface area contributed by atoms with Gasteiger partial charge in [0.25, 0.3) is 11.8 Å². The molecule has 1 unspecified atom stereocenters. The fourth-order valence-electron chi connectivity index (χ4n) is 2.52. The monoisotopic (exact) mass is 362 g/mol. The largest absolute Gasteiger partial charge is 0.482 e. The highest BCUT2D eigenvalue weighted by molar-refractivity contribution is 5.96. The van der Waals surface area contributed by atoms with Gasteiger partial charge in [-0.2, -0.15) is 8.78 Å². The van der Waals surface area contributed by atoms with Crippen molar-refractivity contribution < 1.29 is 27.8 Å². The van der Waals surface area contributed by atoms with Crippen LogP contribution in [0, 0.1) is 0 Å². The third-order valence-corrected chi connectivity index (χ3v) is 3.83. The van der Waals surface area contributed by atoms with E-state index >= 15 is 0 Å². The molecule has 1 aliphatic rings. The first-order valence-corrected chi connectivity index (χ1v) is 7.84. The van der Waals surface area contributed by atoms with Crippen molar-refractivity contribution in [3.05, 3.63) is 53.6 Å². The third kappa shape index (κ3) is 4.08. The van der Waals surface area contributed by atoms with Crippen LogP contribution in [0.15, 0.2) is 42.5 Å². The SMILES string of the molecule is CC(NC(=O)c1ccc(OC(F)F)cc1)c1ccc2c(c1)NC(=O)CO2. The van der Waals surface area contributed by atoms with Gasteiger partial charge in [0.1, 0.15) is 11.5 Å². The molecule has 26 heavy (non-hydrogen) atoms. The molecule has 2 aromatic rings. The zero-order chi connectivity index (χ0) is 18.7. The number of amides is 2. The molecule has 0 aromatic heterocycles. The first-order chi connectivity index (χ1) is 12.4. The lowest BCUT2D eigenvalue weighted by Crippen LogP contribution is -2.28. The van der Waals surface area contributed by atoms with Crippen LogP contribution in [0.1, 0.15) is 28.9 Å². The van der Waals surface area contributed by atoms with Gasteiger partial charge < -0.3 is 20.1 Å². The summed E-state index contributed by atoms with van der Waals surface area (Å²) in [4.78, 5) is 23.7. The Morgan fingerprint density at radius 1 is 1.23 bits per heavy atom. The van der Waals surface area contributed by atoms with Crippen LogP contribution in [0.5, 0.6) is 11.5 Å². The Morgan fingerprint density at radius 3 is 2.65 bits per heavy atom. The van der Waals surface area contributed by atoms with Gasteiger partial charge in [-0.05, 0) is 48.9 Å². The summed E-state index contributed by atoms with van der Waals surface area (Å²) < 4.78 is 33.8. The first kappa shape index (κ1) is 17.7. The van der Waals surface area contributed by atoms with Gasteiger partial charge in [-0.1, -0.05) is 6.07 Å². The van der Waals surface area contributed by atoms with E-state index in [1.807, 2.05) is 0 Å². The number of rotatable bonds is 5. The highest BCUT2D eigenvalue weighted by Crippen LogP contribution is 2.30. The zero-order valence-electron chi connectivity index (χ0n) is 13.8. The lowest BCUT2D eigenvalue weighted by atomic mass is 10.1. The normalized spacial score (nSPS) is 14.1. The second kappa shape index (κ2) is 7.38. The van der Waals surface area contributed by atoms with Gasteiger partial charge in [0.15, 0.2) is 6.61 Å². The molecule has 2 aromatic carbocycles. The van der Waals surface area contributed by atoms with Gasteiger partial charge in [-0.25, -0.2) is 0 Å². The van der Waals surface area contributed by atoms with Crippen LogP contribution in [-0.2, 0) is 4.79 Å². The van der Waals surface area contributed by atoms with Crippen LogP contribution >= 0.6 is 0 Å². The minimum absolute atomic E-state index is 0.0185. The van der Waals surface area contributed by atoms with Gasteiger partial charge in [0, 0.05) is 5.56 Å². The number of hydrogen-bond donors (Lipinski definition) is 2. The summed E-state index contributed by atoms with van der Waals surface area (Å²) in [6.45, 7) is -1.15. The number of halogens is 2. The molecular formula is C18H16F2N2O4. The van der Waals surface area contributed by atoms with Crippen molar-refractivity contribution in [3.63, 3.8) is 0 Å². The number of anilines is 1. The van der Waals surface area contributed by atoms with Gasteiger partial charge in [0.2, 0.25) is 0 Å². The smallest absolute Gasteiger partial charge is 0.387 e. The molecule has 136 valence electrons. The lowest BCUT2D eigenvalue weighted by Gasteiger charge is -2.21. The first-order valence-electron chi connectivity index (χ1n) is 7.84. The maximum atomic E-state index is 12.3. The fourth-order valence-corrected chi connectivity index (χ4v) is 2.52. The Morgan fingerprint density at radius 2 is 1.96 bits per heavy atom.